The minimum atomic E-state index is -4.53. The molecule has 2 heterocycles. The Balaban J connectivity index is 1.48. The van der Waals surface area contributed by atoms with Crippen molar-refractivity contribution >= 4 is 21.7 Å². The van der Waals surface area contributed by atoms with E-state index in [-0.39, 0.29) is 30.8 Å². The Hall–Kier alpha value is -2.44. The molecule has 1 aromatic carbocycles. The van der Waals surface area contributed by atoms with Crippen LogP contribution in [0.25, 0.3) is 0 Å². The molecule has 0 bridgehead atoms. The third kappa shape index (κ3) is 4.82. The van der Waals surface area contributed by atoms with Gasteiger partial charge in [0.05, 0.1) is 6.54 Å². The summed E-state index contributed by atoms with van der Waals surface area (Å²) < 4.78 is 63.9. The van der Waals surface area contributed by atoms with Crippen LogP contribution in [0.4, 0.5) is 24.7 Å². The first-order valence-electron chi connectivity index (χ1n) is 9.43. The van der Waals surface area contributed by atoms with Crippen LogP contribution in [-0.4, -0.2) is 35.3 Å². The maximum atomic E-state index is 13.2. The van der Waals surface area contributed by atoms with Crippen LogP contribution in [0.5, 0.6) is 0 Å². The molecule has 2 aromatic rings. The van der Waals surface area contributed by atoms with E-state index < -0.39 is 21.9 Å². The quantitative estimate of drug-likeness (QED) is 0.633. The Morgan fingerprint density at radius 3 is 2.67 bits per heavy atom. The first-order chi connectivity index (χ1) is 14.1. The summed E-state index contributed by atoms with van der Waals surface area (Å²) in [7, 11) is -3.77. The average Bonchev–Trinajstić information content (AvgIpc) is 3.48. The van der Waals surface area contributed by atoms with Crippen molar-refractivity contribution in [2.75, 3.05) is 17.2 Å². The van der Waals surface area contributed by atoms with Crippen LogP contribution >= 0.6 is 0 Å². The van der Waals surface area contributed by atoms with Gasteiger partial charge in [0.15, 0.2) is 0 Å². The summed E-state index contributed by atoms with van der Waals surface area (Å²) >= 11 is 0. The Morgan fingerprint density at radius 2 is 2.00 bits per heavy atom. The molecule has 4 rings (SSSR count). The fraction of sp³-hybridized carbons (Fsp3) is 0.444. The first-order valence-corrected chi connectivity index (χ1v) is 10.9. The summed E-state index contributed by atoms with van der Waals surface area (Å²) in [4.78, 5) is 7.90. The molecule has 1 saturated carbocycles. The lowest BCUT2D eigenvalue weighted by atomic mass is 10.0. The maximum Gasteiger partial charge on any atom is 0.421 e. The van der Waals surface area contributed by atoms with Crippen molar-refractivity contribution in [3.05, 3.63) is 46.9 Å². The second-order valence-corrected chi connectivity index (χ2v) is 8.98. The van der Waals surface area contributed by atoms with Crippen LogP contribution in [0, 0.1) is 0 Å². The van der Waals surface area contributed by atoms with E-state index in [0.717, 1.165) is 30.2 Å². The number of aromatic nitrogens is 2. The van der Waals surface area contributed by atoms with E-state index in [1.165, 1.54) is 4.31 Å². The predicted octanol–water partition coefficient (Wildman–Crippen LogP) is 2.24. The number of nitrogens with two attached hydrogens (primary N) is 1. The van der Waals surface area contributed by atoms with Crippen molar-refractivity contribution in [1.82, 2.24) is 14.3 Å². The molecule has 12 heteroatoms. The summed E-state index contributed by atoms with van der Waals surface area (Å²) in [6.45, 7) is 0.625. The van der Waals surface area contributed by atoms with Gasteiger partial charge in [-0.3, -0.25) is 0 Å². The van der Waals surface area contributed by atoms with Crippen molar-refractivity contribution in [3.8, 4) is 0 Å². The van der Waals surface area contributed by atoms with Gasteiger partial charge in [0.25, 0.3) is 10.2 Å². The fourth-order valence-corrected chi connectivity index (χ4v) is 3.95. The summed E-state index contributed by atoms with van der Waals surface area (Å²) in [5.41, 5.74) is 1.66. The lowest BCUT2D eigenvalue weighted by Gasteiger charge is -2.26. The maximum absolute atomic E-state index is 13.2. The van der Waals surface area contributed by atoms with E-state index >= 15 is 0 Å². The van der Waals surface area contributed by atoms with Crippen LogP contribution in [0.15, 0.2) is 24.4 Å². The molecule has 0 radical (unpaired) electrons. The second-order valence-electron chi connectivity index (χ2n) is 7.43. The van der Waals surface area contributed by atoms with E-state index in [1.54, 1.807) is 6.07 Å². The molecule has 1 fully saturated rings. The molecular formula is C18H21F3N6O2S. The van der Waals surface area contributed by atoms with Crippen LogP contribution in [0.1, 0.15) is 35.4 Å². The minimum Gasteiger partial charge on any atom is -0.378 e. The second kappa shape index (κ2) is 7.67. The van der Waals surface area contributed by atoms with E-state index in [9.17, 15) is 21.6 Å². The number of anilines is 2. The SMILES string of the molecule is NS(=O)(=O)N1CCc2ccc(NCc3ncc(C(F)(F)F)c(NC4CC4)n3)cc2C1. The average molecular weight is 442 g/mol. The van der Waals surface area contributed by atoms with E-state index in [2.05, 4.69) is 20.6 Å². The van der Waals surface area contributed by atoms with E-state index in [4.69, 9.17) is 5.14 Å². The van der Waals surface area contributed by atoms with E-state index in [0.29, 0.717) is 18.7 Å². The first kappa shape index (κ1) is 20.8. The molecular weight excluding hydrogens is 421 g/mol. The molecule has 0 spiro atoms. The normalized spacial score (nSPS) is 17.5. The highest BCUT2D eigenvalue weighted by molar-refractivity contribution is 7.86. The summed E-state index contributed by atoms with van der Waals surface area (Å²) in [5, 5.41) is 11.1. The lowest BCUT2D eigenvalue weighted by Crippen LogP contribution is -2.40. The molecule has 4 N–H and O–H groups in total. The predicted molar refractivity (Wildman–Crippen MR) is 105 cm³/mol. The van der Waals surface area contributed by atoms with Gasteiger partial charge in [-0.15, -0.1) is 0 Å². The number of fused-ring (bicyclic) bond motifs is 1. The lowest BCUT2D eigenvalue weighted by molar-refractivity contribution is -0.137. The smallest absolute Gasteiger partial charge is 0.378 e. The van der Waals surface area contributed by atoms with Gasteiger partial charge in [-0.25, -0.2) is 15.1 Å². The third-order valence-electron chi connectivity index (χ3n) is 5.06. The van der Waals surface area contributed by atoms with Gasteiger partial charge in [0, 0.05) is 31.0 Å². The molecule has 8 nitrogen and oxygen atoms in total. The highest BCUT2D eigenvalue weighted by Gasteiger charge is 2.36. The van der Waals surface area contributed by atoms with Gasteiger partial charge in [0.2, 0.25) is 0 Å². The molecule has 1 aliphatic carbocycles. The number of hydrogen-bond acceptors (Lipinski definition) is 6. The molecule has 1 aromatic heterocycles. The monoisotopic (exact) mass is 442 g/mol. The molecule has 30 heavy (non-hydrogen) atoms. The fourth-order valence-electron chi connectivity index (χ4n) is 3.28. The topological polar surface area (TPSA) is 113 Å². The Bertz CT molecular complexity index is 1060. The van der Waals surface area contributed by atoms with Crippen molar-refractivity contribution in [2.24, 2.45) is 5.14 Å². The van der Waals surface area contributed by atoms with Crippen LogP contribution in [0.2, 0.25) is 0 Å². The van der Waals surface area contributed by atoms with Crippen molar-refractivity contribution in [3.63, 3.8) is 0 Å². The van der Waals surface area contributed by atoms with Gasteiger partial charge in [-0.05, 0) is 42.5 Å². The molecule has 1 aliphatic heterocycles. The van der Waals surface area contributed by atoms with Crippen molar-refractivity contribution in [2.45, 2.75) is 44.6 Å². The number of rotatable bonds is 6. The Morgan fingerprint density at radius 1 is 1.23 bits per heavy atom. The van der Waals surface area contributed by atoms with Crippen LogP contribution < -0.4 is 15.8 Å². The molecule has 0 unspecified atom stereocenters. The summed E-state index contributed by atoms with van der Waals surface area (Å²) in [5.74, 6) is 0.0149. The number of benzene rings is 1. The largest absolute Gasteiger partial charge is 0.421 e. The van der Waals surface area contributed by atoms with Crippen LogP contribution in [0.3, 0.4) is 0 Å². The zero-order valence-electron chi connectivity index (χ0n) is 15.9. The van der Waals surface area contributed by atoms with E-state index in [1.807, 2.05) is 12.1 Å². The highest BCUT2D eigenvalue weighted by Crippen LogP contribution is 2.35. The number of nitrogens with one attached hydrogen (secondary N) is 2. The van der Waals surface area contributed by atoms with Gasteiger partial charge in [-0.2, -0.15) is 25.9 Å². The Kier molecular flexibility index (Phi) is 5.32. The minimum absolute atomic E-state index is 0.0178. The third-order valence-corrected chi connectivity index (χ3v) is 6.09. The zero-order valence-corrected chi connectivity index (χ0v) is 16.7. The van der Waals surface area contributed by atoms with Gasteiger partial charge < -0.3 is 10.6 Å². The standard InChI is InChI=1S/C18H21F3N6O2S/c19-18(20,21)15-8-24-16(26-17(15)25-13-3-4-13)9-23-14-2-1-11-5-6-27(30(22,28)29)10-12(11)7-14/h1-2,7-8,13,23H,3-6,9-10H2,(H2,22,28,29)(H,24,25,26). The van der Waals surface area contributed by atoms with Gasteiger partial charge >= 0.3 is 6.18 Å². The molecule has 2 aliphatic rings. The highest BCUT2D eigenvalue weighted by atomic mass is 32.2. The Labute approximate surface area is 171 Å². The number of alkyl halides is 3. The molecule has 162 valence electrons. The number of halogens is 3. The van der Waals surface area contributed by atoms with Gasteiger partial charge in [0.1, 0.15) is 17.2 Å². The molecule has 0 amide bonds. The summed E-state index contributed by atoms with van der Waals surface area (Å²) in [6.07, 6.45) is -1.54. The molecule has 0 saturated heterocycles. The van der Waals surface area contributed by atoms with Crippen LogP contribution in [-0.2, 0) is 35.9 Å². The number of hydrogen-bond donors (Lipinski definition) is 3. The summed E-state index contributed by atoms with van der Waals surface area (Å²) in [6, 6.07) is 5.55. The van der Waals surface area contributed by atoms with Crippen molar-refractivity contribution in [1.29, 1.82) is 0 Å². The van der Waals surface area contributed by atoms with Crippen molar-refractivity contribution < 1.29 is 21.6 Å². The number of nitrogens with zero attached hydrogens (tertiary/aromatic N) is 3. The zero-order chi connectivity index (χ0) is 21.5. The van der Waals surface area contributed by atoms with Gasteiger partial charge in [-0.1, -0.05) is 6.07 Å². The molecule has 0 atom stereocenters.